The summed E-state index contributed by atoms with van der Waals surface area (Å²) in [5.41, 5.74) is 7.93. The molecule has 3 rings (SSSR count). The number of nitrogens with zero attached hydrogens (tertiary/aromatic N) is 2. The summed E-state index contributed by atoms with van der Waals surface area (Å²) in [5, 5.41) is 6.86. The molecule has 0 bridgehead atoms. The average molecular weight is 380 g/mol. The summed E-state index contributed by atoms with van der Waals surface area (Å²) in [4.78, 5) is 16.4. The van der Waals surface area contributed by atoms with E-state index >= 15 is 0 Å². The van der Waals surface area contributed by atoms with Crippen LogP contribution in [0.25, 0.3) is 11.4 Å². The van der Waals surface area contributed by atoms with Crippen LogP contribution >= 0.6 is 0 Å². The van der Waals surface area contributed by atoms with Crippen molar-refractivity contribution >= 4 is 5.91 Å². The zero-order chi connectivity index (χ0) is 19.8. The number of hydrogen-bond acceptors (Lipinski definition) is 6. The minimum atomic E-state index is -0.215. The molecule has 0 fully saturated rings. The number of amides is 1. The molecule has 2 aromatic carbocycles. The van der Waals surface area contributed by atoms with Crippen molar-refractivity contribution in [3.8, 4) is 17.1 Å². The molecule has 0 radical (unpaired) electrons. The number of rotatable bonds is 9. The molecule has 1 atom stereocenters. The Kier molecular flexibility index (Phi) is 6.75. The second-order valence-electron chi connectivity index (χ2n) is 6.42. The normalized spacial score (nSPS) is 11.8. The summed E-state index contributed by atoms with van der Waals surface area (Å²) in [5.74, 6) is 1.77. The Bertz CT molecular complexity index is 878. The van der Waals surface area contributed by atoms with Crippen LogP contribution in [0, 0.1) is 0 Å². The molecule has 0 spiro atoms. The highest BCUT2D eigenvalue weighted by Gasteiger charge is 2.11. The number of aromatic nitrogens is 2. The standard InChI is InChI=1S/C21H24N4O3/c1-27-17-12-10-16(11-13-17)21-24-20(28-25-21)9-5-8-19(26)23-14-18(22)15-6-3-2-4-7-15/h2-4,6-7,10-13,18H,5,8-9,14,22H2,1H3,(H,23,26). The molecule has 28 heavy (non-hydrogen) atoms. The van der Waals surface area contributed by atoms with Crippen LogP contribution in [0.4, 0.5) is 0 Å². The third-order valence-electron chi connectivity index (χ3n) is 4.36. The number of carbonyl (C=O) groups is 1. The molecule has 0 saturated heterocycles. The Morgan fingerprint density at radius 1 is 1.18 bits per heavy atom. The first-order valence-corrected chi connectivity index (χ1v) is 9.20. The van der Waals surface area contributed by atoms with Gasteiger partial charge in [-0.2, -0.15) is 4.98 Å². The van der Waals surface area contributed by atoms with Gasteiger partial charge in [-0.1, -0.05) is 35.5 Å². The number of methoxy groups -OCH3 is 1. The largest absolute Gasteiger partial charge is 0.497 e. The first kappa shape index (κ1) is 19.6. The van der Waals surface area contributed by atoms with Crippen molar-refractivity contribution in [1.29, 1.82) is 0 Å². The van der Waals surface area contributed by atoms with Gasteiger partial charge in [-0.15, -0.1) is 0 Å². The summed E-state index contributed by atoms with van der Waals surface area (Å²) in [6.07, 6.45) is 1.54. The van der Waals surface area contributed by atoms with E-state index in [4.69, 9.17) is 15.0 Å². The highest BCUT2D eigenvalue weighted by Crippen LogP contribution is 2.20. The molecular formula is C21H24N4O3. The number of nitrogens with two attached hydrogens (primary N) is 1. The molecule has 146 valence electrons. The van der Waals surface area contributed by atoms with Gasteiger partial charge in [-0.25, -0.2) is 0 Å². The van der Waals surface area contributed by atoms with Gasteiger partial charge < -0.3 is 20.3 Å². The van der Waals surface area contributed by atoms with Gasteiger partial charge in [-0.3, -0.25) is 4.79 Å². The van der Waals surface area contributed by atoms with Gasteiger partial charge in [-0.05, 0) is 36.2 Å². The molecule has 1 aromatic heterocycles. The van der Waals surface area contributed by atoms with Crippen molar-refractivity contribution in [2.75, 3.05) is 13.7 Å². The van der Waals surface area contributed by atoms with Crippen LogP contribution in [0.1, 0.15) is 30.3 Å². The van der Waals surface area contributed by atoms with Crippen LogP contribution in [0.2, 0.25) is 0 Å². The molecule has 1 unspecified atom stereocenters. The summed E-state index contributed by atoms with van der Waals surface area (Å²) < 4.78 is 10.4. The Hall–Kier alpha value is -3.19. The lowest BCUT2D eigenvalue weighted by molar-refractivity contribution is -0.121. The molecule has 3 aromatic rings. The maximum Gasteiger partial charge on any atom is 0.226 e. The van der Waals surface area contributed by atoms with Gasteiger partial charge in [0, 0.05) is 31.0 Å². The number of aryl methyl sites for hydroxylation is 1. The van der Waals surface area contributed by atoms with Crippen molar-refractivity contribution < 1.29 is 14.1 Å². The van der Waals surface area contributed by atoms with E-state index in [-0.39, 0.29) is 11.9 Å². The third-order valence-corrected chi connectivity index (χ3v) is 4.36. The zero-order valence-corrected chi connectivity index (χ0v) is 15.8. The quantitative estimate of drug-likeness (QED) is 0.592. The minimum Gasteiger partial charge on any atom is -0.497 e. The number of ether oxygens (including phenoxy) is 1. The van der Waals surface area contributed by atoms with Gasteiger partial charge in [0.05, 0.1) is 7.11 Å². The van der Waals surface area contributed by atoms with Crippen LogP contribution in [-0.4, -0.2) is 29.7 Å². The first-order valence-electron chi connectivity index (χ1n) is 9.20. The van der Waals surface area contributed by atoms with Crippen molar-refractivity contribution in [2.45, 2.75) is 25.3 Å². The number of carbonyl (C=O) groups excluding carboxylic acids is 1. The molecular weight excluding hydrogens is 356 g/mol. The monoisotopic (exact) mass is 380 g/mol. The Morgan fingerprint density at radius 3 is 2.64 bits per heavy atom. The molecule has 0 saturated carbocycles. The lowest BCUT2D eigenvalue weighted by Crippen LogP contribution is -2.31. The van der Waals surface area contributed by atoms with Crippen molar-refractivity contribution in [3.63, 3.8) is 0 Å². The van der Waals surface area contributed by atoms with Crippen LogP contribution in [-0.2, 0) is 11.2 Å². The number of benzene rings is 2. The van der Waals surface area contributed by atoms with E-state index in [0.717, 1.165) is 16.9 Å². The summed E-state index contributed by atoms with van der Waals surface area (Å²) in [7, 11) is 1.62. The van der Waals surface area contributed by atoms with Gasteiger partial charge >= 0.3 is 0 Å². The maximum atomic E-state index is 12.0. The second kappa shape index (κ2) is 9.66. The van der Waals surface area contributed by atoms with Crippen LogP contribution < -0.4 is 15.8 Å². The molecule has 0 aliphatic carbocycles. The van der Waals surface area contributed by atoms with Crippen molar-refractivity contribution in [3.05, 3.63) is 66.1 Å². The second-order valence-corrected chi connectivity index (χ2v) is 6.42. The average Bonchev–Trinajstić information content (AvgIpc) is 3.21. The van der Waals surface area contributed by atoms with Crippen LogP contribution in [0.3, 0.4) is 0 Å². The van der Waals surface area contributed by atoms with Crippen LogP contribution in [0.15, 0.2) is 59.1 Å². The highest BCUT2D eigenvalue weighted by atomic mass is 16.5. The fourth-order valence-corrected chi connectivity index (χ4v) is 2.74. The smallest absolute Gasteiger partial charge is 0.226 e. The molecule has 0 aliphatic rings. The summed E-state index contributed by atoms with van der Waals surface area (Å²) >= 11 is 0. The fraction of sp³-hybridized carbons (Fsp3) is 0.286. The maximum absolute atomic E-state index is 12.0. The van der Waals surface area contributed by atoms with Crippen LogP contribution in [0.5, 0.6) is 5.75 Å². The van der Waals surface area contributed by atoms with Gasteiger partial charge in [0.25, 0.3) is 0 Å². The highest BCUT2D eigenvalue weighted by molar-refractivity contribution is 5.75. The summed E-state index contributed by atoms with van der Waals surface area (Å²) in [6.45, 7) is 0.408. The molecule has 1 heterocycles. The molecule has 7 heteroatoms. The topological polar surface area (TPSA) is 103 Å². The minimum absolute atomic E-state index is 0.0405. The van der Waals surface area contributed by atoms with Gasteiger partial charge in [0.2, 0.25) is 17.6 Å². The number of hydrogen-bond donors (Lipinski definition) is 2. The van der Waals surface area contributed by atoms with E-state index in [1.165, 1.54) is 0 Å². The van der Waals surface area contributed by atoms with E-state index in [1.807, 2.05) is 54.6 Å². The Labute approximate surface area is 163 Å². The van der Waals surface area contributed by atoms with E-state index in [2.05, 4.69) is 15.5 Å². The molecule has 3 N–H and O–H groups in total. The molecule has 0 aliphatic heterocycles. The molecule has 7 nitrogen and oxygen atoms in total. The van der Waals surface area contributed by atoms with E-state index in [1.54, 1.807) is 7.11 Å². The van der Waals surface area contributed by atoms with E-state index < -0.39 is 0 Å². The SMILES string of the molecule is COc1ccc(-c2noc(CCCC(=O)NCC(N)c3ccccc3)n2)cc1. The Balaban J connectivity index is 1.41. The van der Waals surface area contributed by atoms with E-state index in [9.17, 15) is 4.79 Å². The number of nitrogens with one attached hydrogen (secondary N) is 1. The molecule has 1 amide bonds. The lowest BCUT2D eigenvalue weighted by Gasteiger charge is -2.12. The van der Waals surface area contributed by atoms with E-state index in [0.29, 0.717) is 37.5 Å². The van der Waals surface area contributed by atoms with Gasteiger partial charge in [0.1, 0.15) is 5.75 Å². The lowest BCUT2D eigenvalue weighted by atomic mass is 10.1. The predicted molar refractivity (Wildman–Crippen MR) is 106 cm³/mol. The first-order chi connectivity index (χ1) is 13.7. The third kappa shape index (κ3) is 5.40. The van der Waals surface area contributed by atoms with Gasteiger partial charge in [0.15, 0.2) is 0 Å². The Morgan fingerprint density at radius 2 is 1.93 bits per heavy atom. The predicted octanol–water partition coefficient (Wildman–Crippen LogP) is 2.88. The van der Waals surface area contributed by atoms with Crippen molar-refractivity contribution in [1.82, 2.24) is 15.5 Å². The summed E-state index contributed by atoms with van der Waals surface area (Å²) in [6, 6.07) is 16.9. The van der Waals surface area contributed by atoms with Crippen molar-refractivity contribution in [2.24, 2.45) is 5.73 Å². The zero-order valence-electron chi connectivity index (χ0n) is 15.8. The fourth-order valence-electron chi connectivity index (χ4n) is 2.74.